The second kappa shape index (κ2) is 7.39. The van der Waals surface area contributed by atoms with Gasteiger partial charge < -0.3 is 25.0 Å². The Balaban J connectivity index is 1.27. The van der Waals surface area contributed by atoms with Gasteiger partial charge in [-0.05, 0) is 93.1 Å². The third-order valence-electron chi connectivity index (χ3n) is 11.2. The molecule has 0 radical (unpaired) electrons. The van der Waals surface area contributed by atoms with Gasteiger partial charge in [-0.3, -0.25) is 4.98 Å². The highest BCUT2D eigenvalue weighted by Gasteiger charge is 2.76. The largest absolute Gasteiger partial charge is 0.390 e. The van der Waals surface area contributed by atoms with E-state index in [1.54, 1.807) is 0 Å². The van der Waals surface area contributed by atoms with E-state index in [0.29, 0.717) is 19.3 Å². The van der Waals surface area contributed by atoms with E-state index in [9.17, 15) is 15.3 Å². The normalized spacial score (nSPS) is 47.4. The highest BCUT2D eigenvalue weighted by molar-refractivity contribution is 5.87. The lowest BCUT2D eigenvalue weighted by Gasteiger charge is -2.65. The van der Waals surface area contributed by atoms with E-state index in [2.05, 4.69) is 36.2 Å². The molecule has 9 unspecified atom stereocenters. The molecule has 2 saturated carbocycles. The molecule has 9 atom stereocenters. The molecule has 1 aromatic heterocycles. The van der Waals surface area contributed by atoms with Crippen LogP contribution < -0.4 is 0 Å². The van der Waals surface area contributed by atoms with Gasteiger partial charge in [-0.25, -0.2) is 0 Å². The SMILES string of the molecule is CN(C)C1CC23CCC4(O2)C2CC=C(c5ccc6ccncc6c5)C2(C)CCC4(O)CC3C(O)C1O. The molecule has 5 aliphatic rings. The Bertz CT molecular complexity index is 1260. The van der Waals surface area contributed by atoms with Crippen LogP contribution in [0.25, 0.3) is 16.3 Å². The fourth-order valence-electron chi connectivity index (χ4n) is 9.31. The first-order valence-electron chi connectivity index (χ1n) is 13.6. The summed E-state index contributed by atoms with van der Waals surface area (Å²) in [5.41, 5.74) is 0.430. The third-order valence-corrected chi connectivity index (χ3v) is 11.2. The lowest BCUT2D eigenvalue weighted by atomic mass is 9.51. The van der Waals surface area contributed by atoms with Crippen LogP contribution in [-0.2, 0) is 4.74 Å². The van der Waals surface area contributed by atoms with Crippen molar-refractivity contribution >= 4 is 16.3 Å². The monoisotopic (exact) mass is 490 g/mol. The number of hydrogen-bond acceptors (Lipinski definition) is 6. The maximum Gasteiger partial charge on any atom is 0.102 e. The summed E-state index contributed by atoms with van der Waals surface area (Å²) in [7, 11) is 3.93. The minimum atomic E-state index is -0.982. The van der Waals surface area contributed by atoms with Crippen LogP contribution in [-0.4, -0.2) is 74.4 Å². The second-order valence-corrected chi connectivity index (χ2v) is 12.9. The average Bonchev–Trinajstić information content (AvgIpc) is 3.39. The molecule has 2 saturated heterocycles. The molecule has 36 heavy (non-hydrogen) atoms. The molecule has 2 spiro atoms. The maximum atomic E-state index is 12.3. The van der Waals surface area contributed by atoms with E-state index in [4.69, 9.17) is 4.74 Å². The van der Waals surface area contributed by atoms with Crippen molar-refractivity contribution in [2.24, 2.45) is 17.3 Å². The molecule has 2 bridgehead atoms. The lowest BCUT2D eigenvalue weighted by molar-refractivity contribution is -0.331. The van der Waals surface area contributed by atoms with Crippen molar-refractivity contribution < 1.29 is 20.1 Å². The summed E-state index contributed by atoms with van der Waals surface area (Å²) in [6.07, 6.45) is 9.72. The van der Waals surface area contributed by atoms with Gasteiger partial charge in [0.25, 0.3) is 0 Å². The van der Waals surface area contributed by atoms with Gasteiger partial charge in [-0.15, -0.1) is 0 Å². The van der Waals surface area contributed by atoms with Crippen molar-refractivity contribution in [2.45, 2.75) is 86.9 Å². The zero-order valence-corrected chi connectivity index (χ0v) is 21.5. The van der Waals surface area contributed by atoms with Crippen LogP contribution in [0.3, 0.4) is 0 Å². The number of nitrogens with zero attached hydrogens (tertiary/aromatic N) is 2. The van der Waals surface area contributed by atoms with Crippen molar-refractivity contribution in [2.75, 3.05) is 14.1 Å². The third kappa shape index (κ3) is 2.77. The van der Waals surface area contributed by atoms with Crippen LogP contribution in [0.4, 0.5) is 0 Å². The first-order chi connectivity index (χ1) is 17.1. The number of aliphatic hydroxyl groups is 3. The predicted octanol–water partition coefficient (Wildman–Crippen LogP) is 3.53. The lowest BCUT2D eigenvalue weighted by Crippen LogP contribution is -2.73. The molecule has 0 amide bonds. The molecule has 6 nitrogen and oxygen atoms in total. The molecule has 3 N–H and O–H groups in total. The van der Waals surface area contributed by atoms with Crippen LogP contribution in [0.1, 0.15) is 57.4 Å². The smallest absolute Gasteiger partial charge is 0.102 e. The number of fused-ring (bicyclic) bond motifs is 2. The predicted molar refractivity (Wildman–Crippen MR) is 138 cm³/mol. The molecule has 3 aliphatic carbocycles. The molecule has 2 aliphatic heterocycles. The molecular weight excluding hydrogens is 452 g/mol. The fourth-order valence-corrected chi connectivity index (χ4v) is 9.31. The molecule has 6 heteroatoms. The molecule has 192 valence electrons. The molecule has 4 fully saturated rings. The quantitative estimate of drug-likeness (QED) is 0.597. The first-order valence-corrected chi connectivity index (χ1v) is 13.6. The molecule has 3 heterocycles. The Kier molecular flexibility index (Phi) is 4.78. The van der Waals surface area contributed by atoms with Gasteiger partial charge in [0.15, 0.2) is 0 Å². The van der Waals surface area contributed by atoms with Gasteiger partial charge in [0, 0.05) is 35.7 Å². The second-order valence-electron chi connectivity index (χ2n) is 12.9. The van der Waals surface area contributed by atoms with E-state index >= 15 is 0 Å². The number of benzene rings is 1. The van der Waals surface area contributed by atoms with Gasteiger partial charge in [-0.2, -0.15) is 0 Å². The van der Waals surface area contributed by atoms with E-state index < -0.39 is 29.0 Å². The van der Waals surface area contributed by atoms with Crippen LogP contribution in [0.5, 0.6) is 0 Å². The maximum absolute atomic E-state index is 12.3. The van der Waals surface area contributed by atoms with Gasteiger partial charge in [0.1, 0.15) is 5.60 Å². The van der Waals surface area contributed by atoms with Gasteiger partial charge >= 0.3 is 0 Å². The standard InChI is InChI=1S/C30H38N2O4/c1-27-9-11-29(35)15-22-25(33)26(34)23(32(2)3)16-28(22)10-12-30(29,36-28)24(27)7-6-21(27)19-5-4-18-8-13-31-17-20(18)14-19/h4-6,8,13-14,17,22-26,33-35H,7,9-12,15-16H2,1-3H3. The average molecular weight is 491 g/mol. The van der Waals surface area contributed by atoms with E-state index in [1.165, 1.54) is 16.5 Å². The Labute approximate surface area is 213 Å². The number of ether oxygens (including phenoxy) is 1. The number of hydrogen-bond donors (Lipinski definition) is 3. The first kappa shape index (κ1) is 23.3. The van der Waals surface area contributed by atoms with Crippen molar-refractivity contribution in [3.63, 3.8) is 0 Å². The van der Waals surface area contributed by atoms with Gasteiger partial charge in [-0.1, -0.05) is 25.1 Å². The van der Waals surface area contributed by atoms with Crippen LogP contribution in [0.15, 0.2) is 42.7 Å². The van der Waals surface area contributed by atoms with Crippen LogP contribution in [0.2, 0.25) is 0 Å². The Morgan fingerprint density at radius 3 is 2.64 bits per heavy atom. The summed E-state index contributed by atoms with van der Waals surface area (Å²) in [5.74, 6) is -0.0547. The number of likely N-dealkylation sites (N-methyl/N-ethyl adjacent to an activating group) is 1. The van der Waals surface area contributed by atoms with Crippen molar-refractivity contribution in [1.29, 1.82) is 0 Å². The Morgan fingerprint density at radius 2 is 1.83 bits per heavy atom. The Morgan fingerprint density at radius 1 is 1.00 bits per heavy atom. The topological polar surface area (TPSA) is 86.1 Å². The number of pyridine rings is 1. The number of allylic oxidation sites excluding steroid dienone is 2. The highest BCUT2D eigenvalue weighted by Crippen LogP contribution is 2.71. The number of rotatable bonds is 2. The summed E-state index contributed by atoms with van der Waals surface area (Å²) in [4.78, 5) is 6.34. The van der Waals surface area contributed by atoms with E-state index in [1.807, 2.05) is 37.5 Å². The highest BCUT2D eigenvalue weighted by atomic mass is 16.6. The van der Waals surface area contributed by atoms with Gasteiger partial charge in [0.2, 0.25) is 0 Å². The van der Waals surface area contributed by atoms with Gasteiger partial charge in [0.05, 0.1) is 23.4 Å². The zero-order valence-electron chi connectivity index (χ0n) is 21.5. The molecule has 2 aromatic rings. The zero-order chi connectivity index (χ0) is 25.1. The summed E-state index contributed by atoms with van der Waals surface area (Å²) in [5, 5.41) is 36.8. The van der Waals surface area contributed by atoms with E-state index in [0.717, 1.165) is 31.1 Å². The minimum Gasteiger partial charge on any atom is -0.390 e. The summed E-state index contributed by atoms with van der Waals surface area (Å²) in [6, 6.07) is 8.57. The summed E-state index contributed by atoms with van der Waals surface area (Å²) >= 11 is 0. The number of aliphatic hydroxyl groups excluding tert-OH is 2. The van der Waals surface area contributed by atoms with E-state index in [-0.39, 0.29) is 23.3 Å². The van der Waals surface area contributed by atoms with Crippen molar-refractivity contribution in [1.82, 2.24) is 9.88 Å². The summed E-state index contributed by atoms with van der Waals surface area (Å²) in [6.45, 7) is 2.38. The van der Waals surface area contributed by atoms with Crippen LogP contribution in [0, 0.1) is 17.3 Å². The molecule has 1 aromatic carbocycles. The Hall–Kier alpha value is -1.83. The van der Waals surface area contributed by atoms with Crippen molar-refractivity contribution in [3.8, 4) is 0 Å². The minimum absolute atomic E-state index is 0.0891. The van der Waals surface area contributed by atoms with Crippen molar-refractivity contribution in [3.05, 3.63) is 48.3 Å². The number of aromatic nitrogens is 1. The fraction of sp³-hybridized carbons (Fsp3) is 0.633. The summed E-state index contributed by atoms with van der Waals surface area (Å²) < 4.78 is 7.23. The molecular formula is C30H38N2O4. The van der Waals surface area contributed by atoms with Crippen LogP contribution >= 0.6 is 0 Å². The molecule has 7 rings (SSSR count).